The molecule has 0 radical (unpaired) electrons. The van der Waals surface area contributed by atoms with Gasteiger partial charge in [0, 0.05) is 22.8 Å². The molecule has 0 unspecified atom stereocenters. The zero-order chi connectivity index (χ0) is 18.4. The minimum absolute atomic E-state index is 0.0288. The molecule has 7 nitrogen and oxygen atoms in total. The molecule has 0 aliphatic rings. The smallest absolute Gasteiger partial charge is 0.310 e. The Hall–Kier alpha value is -2.93. The highest BCUT2D eigenvalue weighted by Gasteiger charge is 2.12. The first-order valence-corrected chi connectivity index (χ1v) is 7.68. The van der Waals surface area contributed by atoms with Crippen LogP contribution in [-0.4, -0.2) is 23.4 Å². The highest BCUT2D eigenvalue weighted by Crippen LogP contribution is 2.21. The standard InChI is InChI=1S/C17H15ClN2O5/c1-11-8-14(20(23)24)6-7-15(11)19-16(21)10-25-17(22)9-12-2-4-13(18)5-3-12/h2-8H,9-10H2,1H3,(H,19,21). The van der Waals surface area contributed by atoms with Gasteiger partial charge in [-0.25, -0.2) is 0 Å². The second kappa shape index (κ2) is 8.25. The van der Waals surface area contributed by atoms with Crippen molar-refractivity contribution in [2.24, 2.45) is 0 Å². The Morgan fingerprint density at radius 2 is 1.88 bits per heavy atom. The minimum atomic E-state index is -0.544. The molecule has 2 aromatic carbocycles. The third kappa shape index (κ3) is 5.58. The van der Waals surface area contributed by atoms with Crippen LogP contribution >= 0.6 is 11.6 Å². The summed E-state index contributed by atoms with van der Waals surface area (Å²) in [6.45, 7) is 1.19. The monoisotopic (exact) mass is 362 g/mol. The van der Waals surface area contributed by atoms with Gasteiger partial charge in [-0.2, -0.15) is 0 Å². The lowest BCUT2D eigenvalue weighted by molar-refractivity contribution is -0.384. The number of amides is 1. The number of hydrogen-bond acceptors (Lipinski definition) is 5. The number of ether oxygens (including phenoxy) is 1. The van der Waals surface area contributed by atoms with Gasteiger partial charge in [-0.1, -0.05) is 23.7 Å². The van der Waals surface area contributed by atoms with Crippen molar-refractivity contribution in [1.29, 1.82) is 0 Å². The lowest BCUT2D eigenvalue weighted by Gasteiger charge is -2.09. The number of non-ortho nitro benzene ring substituents is 1. The van der Waals surface area contributed by atoms with Crippen LogP contribution in [0.5, 0.6) is 0 Å². The maximum Gasteiger partial charge on any atom is 0.310 e. The highest BCUT2D eigenvalue weighted by atomic mass is 35.5. The molecule has 25 heavy (non-hydrogen) atoms. The van der Waals surface area contributed by atoms with Gasteiger partial charge in [0.2, 0.25) is 0 Å². The highest BCUT2D eigenvalue weighted by molar-refractivity contribution is 6.30. The fourth-order valence-corrected chi connectivity index (χ4v) is 2.18. The number of hydrogen-bond donors (Lipinski definition) is 1. The summed E-state index contributed by atoms with van der Waals surface area (Å²) >= 11 is 5.76. The van der Waals surface area contributed by atoms with Gasteiger partial charge in [0.1, 0.15) is 0 Å². The van der Waals surface area contributed by atoms with Crippen molar-refractivity contribution in [3.05, 3.63) is 68.7 Å². The molecule has 0 saturated heterocycles. The zero-order valence-corrected chi connectivity index (χ0v) is 14.1. The van der Waals surface area contributed by atoms with Crippen LogP contribution in [0.15, 0.2) is 42.5 Å². The van der Waals surface area contributed by atoms with Crippen LogP contribution in [0, 0.1) is 17.0 Å². The Balaban J connectivity index is 1.85. The number of halogens is 1. The second-order valence-corrected chi connectivity index (χ2v) is 5.70. The normalized spacial score (nSPS) is 10.2. The van der Waals surface area contributed by atoms with Crippen molar-refractivity contribution >= 4 is 34.9 Å². The van der Waals surface area contributed by atoms with Crippen LogP contribution in [-0.2, 0) is 20.7 Å². The molecule has 0 atom stereocenters. The number of nitrogens with zero attached hydrogens (tertiary/aromatic N) is 1. The molecule has 0 aliphatic heterocycles. The lowest BCUT2D eigenvalue weighted by Crippen LogP contribution is -2.22. The van der Waals surface area contributed by atoms with Crippen molar-refractivity contribution in [3.8, 4) is 0 Å². The predicted octanol–water partition coefficient (Wildman–Crippen LogP) is 3.28. The van der Waals surface area contributed by atoms with E-state index in [1.807, 2.05) is 0 Å². The molecule has 2 rings (SSSR count). The number of rotatable bonds is 6. The number of nitro groups is 1. The Labute approximate surface area is 148 Å². The zero-order valence-electron chi connectivity index (χ0n) is 13.3. The summed E-state index contributed by atoms with van der Waals surface area (Å²) in [6.07, 6.45) is 0.0288. The van der Waals surface area contributed by atoms with E-state index in [-0.39, 0.29) is 12.1 Å². The Kier molecular flexibility index (Phi) is 6.08. The first-order chi connectivity index (χ1) is 11.8. The van der Waals surface area contributed by atoms with Gasteiger partial charge >= 0.3 is 5.97 Å². The summed E-state index contributed by atoms with van der Waals surface area (Å²) in [4.78, 5) is 33.7. The molecule has 0 fully saturated rings. The topological polar surface area (TPSA) is 98.5 Å². The molecule has 1 amide bonds. The average Bonchev–Trinajstić information content (AvgIpc) is 2.57. The van der Waals surface area contributed by atoms with E-state index in [1.54, 1.807) is 31.2 Å². The van der Waals surface area contributed by atoms with Crippen LogP contribution in [0.1, 0.15) is 11.1 Å². The van der Waals surface area contributed by atoms with Gasteiger partial charge < -0.3 is 10.1 Å². The molecule has 2 aromatic rings. The molecular formula is C17H15ClN2O5. The summed E-state index contributed by atoms with van der Waals surface area (Å²) in [5, 5.41) is 13.8. The fraction of sp³-hybridized carbons (Fsp3) is 0.176. The number of carbonyl (C=O) groups excluding carboxylic acids is 2. The van der Waals surface area contributed by atoms with E-state index in [2.05, 4.69) is 5.32 Å². The van der Waals surface area contributed by atoms with Gasteiger partial charge in [-0.15, -0.1) is 0 Å². The van der Waals surface area contributed by atoms with Gasteiger partial charge in [0.15, 0.2) is 6.61 Å². The van der Waals surface area contributed by atoms with E-state index in [1.165, 1.54) is 18.2 Å². The maximum absolute atomic E-state index is 11.8. The molecule has 0 bridgehead atoms. The van der Waals surface area contributed by atoms with Crippen molar-refractivity contribution in [3.63, 3.8) is 0 Å². The molecule has 0 aromatic heterocycles. The van der Waals surface area contributed by atoms with E-state index in [0.29, 0.717) is 16.3 Å². The Morgan fingerprint density at radius 1 is 1.20 bits per heavy atom. The van der Waals surface area contributed by atoms with Crippen LogP contribution in [0.25, 0.3) is 0 Å². The average molecular weight is 363 g/mol. The van der Waals surface area contributed by atoms with Crippen molar-refractivity contribution < 1.29 is 19.2 Å². The van der Waals surface area contributed by atoms with Crippen LogP contribution < -0.4 is 5.32 Å². The Bertz CT molecular complexity index is 805. The van der Waals surface area contributed by atoms with Gasteiger partial charge in [0.05, 0.1) is 11.3 Å². The first kappa shape index (κ1) is 18.4. The second-order valence-electron chi connectivity index (χ2n) is 5.27. The quantitative estimate of drug-likeness (QED) is 0.483. The molecule has 1 N–H and O–H groups in total. The molecular weight excluding hydrogens is 348 g/mol. The summed E-state index contributed by atoms with van der Waals surface area (Å²) in [5.74, 6) is -1.07. The maximum atomic E-state index is 11.8. The van der Waals surface area contributed by atoms with E-state index in [9.17, 15) is 19.7 Å². The molecule has 0 saturated carbocycles. The largest absolute Gasteiger partial charge is 0.455 e. The summed E-state index contributed by atoms with van der Waals surface area (Å²) in [7, 11) is 0. The van der Waals surface area contributed by atoms with Crippen molar-refractivity contribution in [2.45, 2.75) is 13.3 Å². The van der Waals surface area contributed by atoms with E-state index in [0.717, 1.165) is 5.56 Å². The van der Waals surface area contributed by atoms with Crippen LogP contribution in [0.2, 0.25) is 5.02 Å². The first-order valence-electron chi connectivity index (χ1n) is 7.30. The summed E-state index contributed by atoms with van der Waals surface area (Å²) < 4.78 is 4.92. The number of anilines is 1. The SMILES string of the molecule is Cc1cc([N+](=O)[O-])ccc1NC(=O)COC(=O)Cc1ccc(Cl)cc1. The number of aryl methyl sites for hydroxylation is 1. The van der Waals surface area contributed by atoms with Gasteiger partial charge in [-0.05, 0) is 36.2 Å². The molecule has 8 heteroatoms. The summed E-state index contributed by atoms with van der Waals surface area (Å²) in [5.41, 5.74) is 1.62. The van der Waals surface area contributed by atoms with E-state index in [4.69, 9.17) is 16.3 Å². The van der Waals surface area contributed by atoms with Gasteiger partial charge in [0.25, 0.3) is 11.6 Å². The van der Waals surface area contributed by atoms with Crippen molar-refractivity contribution in [2.75, 3.05) is 11.9 Å². The number of esters is 1. The lowest BCUT2D eigenvalue weighted by atomic mass is 10.1. The molecule has 130 valence electrons. The number of nitro benzene ring substituents is 1. The van der Waals surface area contributed by atoms with Gasteiger partial charge in [-0.3, -0.25) is 19.7 Å². The van der Waals surface area contributed by atoms with E-state index >= 15 is 0 Å². The van der Waals surface area contributed by atoms with Crippen LogP contribution in [0.3, 0.4) is 0 Å². The predicted molar refractivity (Wildman–Crippen MR) is 92.6 cm³/mol. The number of nitrogens with one attached hydrogen (secondary N) is 1. The molecule has 0 spiro atoms. The third-order valence-electron chi connectivity index (χ3n) is 3.32. The number of benzene rings is 2. The summed E-state index contributed by atoms with van der Waals surface area (Å²) in [6, 6.07) is 10.8. The molecule has 0 heterocycles. The van der Waals surface area contributed by atoms with E-state index < -0.39 is 23.4 Å². The van der Waals surface area contributed by atoms with Crippen molar-refractivity contribution in [1.82, 2.24) is 0 Å². The number of carbonyl (C=O) groups is 2. The fourth-order valence-electron chi connectivity index (χ4n) is 2.05. The Morgan fingerprint density at radius 3 is 2.48 bits per heavy atom. The molecule has 0 aliphatic carbocycles. The third-order valence-corrected chi connectivity index (χ3v) is 3.57. The minimum Gasteiger partial charge on any atom is -0.455 e. The van der Waals surface area contributed by atoms with Crippen LogP contribution in [0.4, 0.5) is 11.4 Å².